The number of rotatable bonds is 4. The largest absolute Gasteiger partial charge is 0.493 e. The molecule has 0 unspecified atom stereocenters. The van der Waals surface area contributed by atoms with E-state index in [0.717, 1.165) is 22.9 Å². The molecule has 0 saturated heterocycles. The quantitative estimate of drug-likeness (QED) is 0.771. The smallest absolute Gasteiger partial charge is 0.127 e. The van der Waals surface area contributed by atoms with Crippen molar-refractivity contribution in [2.75, 3.05) is 13.2 Å². The van der Waals surface area contributed by atoms with E-state index in [-0.39, 0.29) is 0 Å². The van der Waals surface area contributed by atoms with E-state index in [9.17, 15) is 0 Å². The number of aromatic nitrogens is 1. The van der Waals surface area contributed by atoms with Gasteiger partial charge in [0.1, 0.15) is 5.75 Å². The van der Waals surface area contributed by atoms with E-state index < -0.39 is 0 Å². The molecule has 1 aromatic carbocycles. The van der Waals surface area contributed by atoms with Crippen LogP contribution < -0.4 is 10.5 Å². The van der Waals surface area contributed by atoms with Crippen molar-refractivity contribution < 1.29 is 4.74 Å². The van der Waals surface area contributed by atoms with Crippen LogP contribution in [0.25, 0.3) is 10.8 Å². The van der Waals surface area contributed by atoms with Gasteiger partial charge in [-0.1, -0.05) is 12.1 Å². The first-order chi connectivity index (χ1) is 7.42. The average molecular weight is 202 g/mol. The maximum Gasteiger partial charge on any atom is 0.127 e. The summed E-state index contributed by atoms with van der Waals surface area (Å²) in [5, 5.41) is 2.20. The number of fused-ring (bicyclic) bond motifs is 1. The monoisotopic (exact) mass is 202 g/mol. The molecule has 78 valence electrons. The molecule has 0 bridgehead atoms. The van der Waals surface area contributed by atoms with Crippen LogP contribution in [0.1, 0.15) is 6.42 Å². The Morgan fingerprint density at radius 2 is 2.20 bits per heavy atom. The Hall–Kier alpha value is -1.61. The average Bonchev–Trinajstić information content (AvgIpc) is 2.30. The normalized spacial score (nSPS) is 10.5. The Balaban J connectivity index is 2.26. The Kier molecular flexibility index (Phi) is 3.15. The standard InChI is InChI=1S/C12H14N2O/c13-6-2-8-15-12-4-1-3-10-9-14-7-5-11(10)12/h1,3-5,7,9H,2,6,8,13H2. The molecule has 0 aliphatic carbocycles. The lowest BCUT2D eigenvalue weighted by Gasteiger charge is -2.07. The zero-order chi connectivity index (χ0) is 10.5. The molecule has 1 heterocycles. The summed E-state index contributed by atoms with van der Waals surface area (Å²) >= 11 is 0. The van der Waals surface area contributed by atoms with Crippen LogP contribution in [0, 0.1) is 0 Å². The summed E-state index contributed by atoms with van der Waals surface area (Å²) in [5.41, 5.74) is 5.42. The van der Waals surface area contributed by atoms with Crippen molar-refractivity contribution in [1.29, 1.82) is 0 Å². The molecular weight excluding hydrogens is 188 g/mol. The lowest BCUT2D eigenvalue weighted by Crippen LogP contribution is -2.06. The van der Waals surface area contributed by atoms with Gasteiger partial charge < -0.3 is 10.5 Å². The van der Waals surface area contributed by atoms with Crippen molar-refractivity contribution in [2.24, 2.45) is 5.73 Å². The van der Waals surface area contributed by atoms with Crippen LogP contribution in [-0.4, -0.2) is 18.1 Å². The third kappa shape index (κ3) is 2.25. The van der Waals surface area contributed by atoms with Gasteiger partial charge in [-0.3, -0.25) is 4.98 Å². The van der Waals surface area contributed by atoms with E-state index in [4.69, 9.17) is 10.5 Å². The van der Waals surface area contributed by atoms with E-state index >= 15 is 0 Å². The summed E-state index contributed by atoms with van der Waals surface area (Å²) in [5.74, 6) is 0.906. The summed E-state index contributed by atoms with van der Waals surface area (Å²) in [6.45, 7) is 1.32. The molecule has 0 atom stereocenters. The SMILES string of the molecule is NCCCOc1cccc2cnccc12. The lowest BCUT2D eigenvalue weighted by molar-refractivity contribution is 0.317. The van der Waals surface area contributed by atoms with Crippen molar-refractivity contribution in [3.8, 4) is 5.75 Å². The molecule has 15 heavy (non-hydrogen) atoms. The minimum absolute atomic E-state index is 0.659. The highest BCUT2D eigenvalue weighted by atomic mass is 16.5. The van der Waals surface area contributed by atoms with Gasteiger partial charge in [0.05, 0.1) is 6.61 Å². The molecule has 2 rings (SSSR count). The van der Waals surface area contributed by atoms with E-state index in [1.54, 1.807) is 6.20 Å². The second-order valence-electron chi connectivity index (χ2n) is 3.34. The van der Waals surface area contributed by atoms with Gasteiger partial charge >= 0.3 is 0 Å². The molecule has 3 heteroatoms. The number of hydrogen-bond donors (Lipinski definition) is 1. The molecule has 0 amide bonds. The van der Waals surface area contributed by atoms with E-state index in [1.807, 2.05) is 30.5 Å². The maximum absolute atomic E-state index is 5.65. The highest BCUT2D eigenvalue weighted by Gasteiger charge is 2.00. The molecule has 0 saturated carbocycles. The van der Waals surface area contributed by atoms with Gasteiger partial charge in [0, 0.05) is 23.2 Å². The van der Waals surface area contributed by atoms with Crippen LogP contribution >= 0.6 is 0 Å². The number of hydrogen-bond acceptors (Lipinski definition) is 3. The van der Waals surface area contributed by atoms with Crippen LogP contribution in [0.4, 0.5) is 0 Å². The molecule has 2 N–H and O–H groups in total. The Morgan fingerprint density at radius 1 is 1.27 bits per heavy atom. The summed E-state index contributed by atoms with van der Waals surface area (Å²) in [6.07, 6.45) is 4.49. The van der Waals surface area contributed by atoms with Crippen molar-refractivity contribution >= 4 is 10.8 Å². The Morgan fingerprint density at radius 3 is 3.07 bits per heavy atom. The molecule has 0 aliphatic heterocycles. The lowest BCUT2D eigenvalue weighted by atomic mass is 10.1. The van der Waals surface area contributed by atoms with Crippen LogP contribution in [0.5, 0.6) is 5.75 Å². The third-order valence-corrected chi connectivity index (χ3v) is 2.25. The topological polar surface area (TPSA) is 48.1 Å². The van der Waals surface area contributed by atoms with Crippen molar-refractivity contribution in [1.82, 2.24) is 4.98 Å². The summed E-state index contributed by atoms with van der Waals surface area (Å²) < 4.78 is 5.65. The molecule has 0 aliphatic rings. The first-order valence-electron chi connectivity index (χ1n) is 5.07. The van der Waals surface area contributed by atoms with Gasteiger partial charge in [-0.15, -0.1) is 0 Å². The van der Waals surface area contributed by atoms with Crippen LogP contribution in [0.15, 0.2) is 36.7 Å². The van der Waals surface area contributed by atoms with Crippen LogP contribution in [0.3, 0.4) is 0 Å². The van der Waals surface area contributed by atoms with E-state index in [2.05, 4.69) is 4.98 Å². The van der Waals surface area contributed by atoms with Crippen molar-refractivity contribution in [3.63, 3.8) is 0 Å². The first kappa shape index (κ1) is 9.93. The number of nitrogens with two attached hydrogens (primary N) is 1. The minimum atomic E-state index is 0.659. The third-order valence-electron chi connectivity index (χ3n) is 2.25. The second-order valence-corrected chi connectivity index (χ2v) is 3.34. The first-order valence-corrected chi connectivity index (χ1v) is 5.07. The van der Waals surface area contributed by atoms with Crippen LogP contribution in [-0.2, 0) is 0 Å². The predicted octanol–water partition coefficient (Wildman–Crippen LogP) is 1.96. The van der Waals surface area contributed by atoms with Gasteiger partial charge in [0.25, 0.3) is 0 Å². The van der Waals surface area contributed by atoms with Crippen molar-refractivity contribution in [2.45, 2.75) is 6.42 Å². The number of ether oxygens (including phenoxy) is 1. The maximum atomic E-state index is 5.65. The molecule has 3 nitrogen and oxygen atoms in total. The summed E-state index contributed by atoms with van der Waals surface area (Å²) in [7, 11) is 0. The zero-order valence-corrected chi connectivity index (χ0v) is 8.52. The predicted molar refractivity (Wildman–Crippen MR) is 60.9 cm³/mol. The van der Waals surface area contributed by atoms with Gasteiger partial charge in [-0.2, -0.15) is 0 Å². The molecular formula is C12H14N2O. The Bertz CT molecular complexity index is 437. The number of pyridine rings is 1. The fourth-order valence-corrected chi connectivity index (χ4v) is 1.48. The molecule has 0 spiro atoms. The van der Waals surface area contributed by atoms with E-state index in [1.165, 1.54) is 0 Å². The van der Waals surface area contributed by atoms with E-state index in [0.29, 0.717) is 13.2 Å². The van der Waals surface area contributed by atoms with Crippen molar-refractivity contribution in [3.05, 3.63) is 36.7 Å². The fourth-order valence-electron chi connectivity index (χ4n) is 1.48. The van der Waals surface area contributed by atoms with Gasteiger partial charge in [-0.05, 0) is 25.1 Å². The van der Waals surface area contributed by atoms with Gasteiger partial charge in [0.2, 0.25) is 0 Å². The molecule has 0 radical (unpaired) electrons. The second kappa shape index (κ2) is 4.75. The fraction of sp³-hybridized carbons (Fsp3) is 0.250. The van der Waals surface area contributed by atoms with Gasteiger partial charge in [-0.25, -0.2) is 0 Å². The Labute approximate surface area is 88.9 Å². The summed E-state index contributed by atoms with van der Waals surface area (Å²) in [4.78, 5) is 4.07. The summed E-state index contributed by atoms with van der Waals surface area (Å²) in [6, 6.07) is 7.94. The molecule has 0 fully saturated rings. The minimum Gasteiger partial charge on any atom is -0.493 e. The molecule has 1 aromatic heterocycles. The number of benzene rings is 1. The highest BCUT2D eigenvalue weighted by Crippen LogP contribution is 2.24. The number of nitrogens with zero attached hydrogens (tertiary/aromatic N) is 1. The molecule has 2 aromatic rings. The van der Waals surface area contributed by atoms with Crippen LogP contribution in [0.2, 0.25) is 0 Å². The van der Waals surface area contributed by atoms with Gasteiger partial charge in [0.15, 0.2) is 0 Å². The highest BCUT2D eigenvalue weighted by molar-refractivity contribution is 5.87. The zero-order valence-electron chi connectivity index (χ0n) is 8.52.